The minimum Gasteiger partial charge on any atom is -0.379 e. The molecule has 1 amide bonds. The number of carbonyl (C=O) groups excluding carboxylic acids is 1. The average molecular weight is 428 g/mol. The minimum absolute atomic E-state index is 0.0325. The molecule has 0 aliphatic carbocycles. The van der Waals surface area contributed by atoms with Crippen LogP contribution in [0.25, 0.3) is 10.6 Å². The van der Waals surface area contributed by atoms with E-state index in [-0.39, 0.29) is 5.91 Å². The Morgan fingerprint density at radius 2 is 1.89 bits per heavy atom. The summed E-state index contributed by atoms with van der Waals surface area (Å²) in [6.07, 6.45) is 2.09. The van der Waals surface area contributed by atoms with Crippen LogP contribution in [0.5, 0.6) is 0 Å². The lowest BCUT2D eigenvalue weighted by Crippen LogP contribution is -2.40. The SMILES string of the molecule is Cc1nc(-c2csc(S(=O)(=O)N3CCOCC3)c2)sc1C(=O)N1CCCC1. The number of sulfonamides is 1. The monoisotopic (exact) mass is 427 g/mol. The van der Waals surface area contributed by atoms with E-state index in [4.69, 9.17) is 4.74 Å². The molecule has 0 N–H and O–H groups in total. The van der Waals surface area contributed by atoms with Crippen molar-refractivity contribution in [2.24, 2.45) is 0 Å². The molecule has 0 aromatic carbocycles. The van der Waals surface area contributed by atoms with Crippen molar-refractivity contribution in [2.75, 3.05) is 39.4 Å². The van der Waals surface area contributed by atoms with E-state index in [0.717, 1.165) is 31.5 Å². The van der Waals surface area contributed by atoms with Crippen LogP contribution in [-0.4, -0.2) is 67.9 Å². The van der Waals surface area contributed by atoms with E-state index in [1.807, 2.05) is 11.8 Å². The number of aromatic nitrogens is 1. The van der Waals surface area contributed by atoms with Crippen molar-refractivity contribution >= 4 is 38.6 Å². The van der Waals surface area contributed by atoms with E-state index in [0.29, 0.717) is 46.1 Å². The first-order valence-electron chi connectivity index (χ1n) is 8.90. The van der Waals surface area contributed by atoms with Gasteiger partial charge in [-0.2, -0.15) is 4.31 Å². The first kappa shape index (κ1) is 19.0. The lowest BCUT2D eigenvalue weighted by molar-refractivity contribution is 0.0731. The van der Waals surface area contributed by atoms with Crippen molar-refractivity contribution in [1.82, 2.24) is 14.2 Å². The highest BCUT2D eigenvalue weighted by atomic mass is 32.2. The fourth-order valence-electron chi connectivity index (χ4n) is 3.26. The van der Waals surface area contributed by atoms with Gasteiger partial charge in [-0.05, 0) is 25.8 Å². The molecule has 10 heteroatoms. The second kappa shape index (κ2) is 7.59. The number of amides is 1. The number of hydrogen-bond acceptors (Lipinski definition) is 7. The predicted octanol–water partition coefficient (Wildman–Crippen LogP) is 2.44. The maximum atomic E-state index is 12.8. The van der Waals surface area contributed by atoms with Gasteiger partial charge in [-0.15, -0.1) is 22.7 Å². The number of morpholine rings is 1. The molecular formula is C17H21N3O4S3. The Kier molecular flexibility index (Phi) is 5.34. The first-order chi connectivity index (χ1) is 13.0. The Bertz CT molecular complexity index is 939. The number of rotatable bonds is 4. The van der Waals surface area contributed by atoms with Crippen molar-refractivity contribution in [3.63, 3.8) is 0 Å². The van der Waals surface area contributed by atoms with E-state index in [9.17, 15) is 13.2 Å². The van der Waals surface area contributed by atoms with Gasteiger partial charge in [0.1, 0.15) is 14.1 Å². The molecular weight excluding hydrogens is 406 g/mol. The Balaban J connectivity index is 1.58. The number of likely N-dealkylation sites (tertiary alicyclic amines) is 1. The summed E-state index contributed by atoms with van der Waals surface area (Å²) in [5.41, 5.74) is 1.45. The fourth-order valence-corrected chi connectivity index (χ4v) is 7.08. The zero-order valence-corrected chi connectivity index (χ0v) is 17.5. The van der Waals surface area contributed by atoms with Crippen LogP contribution < -0.4 is 0 Å². The Labute approximate surface area is 166 Å². The number of aryl methyl sites for hydroxylation is 1. The average Bonchev–Trinajstić information content (AvgIpc) is 3.42. The number of thiazole rings is 1. The molecule has 4 heterocycles. The number of thiophene rings is 1. The molecule has 2 aromatic heterocycles. The molecule has 2 aliphatic rings. The Hall–Kier alpha value is -1.33. The molecule has 0 radical (unpaired) electrons. The van der Waals surface area contributed by atoms with E-state index < -0.39 is 10.0 Å². The van der Waals surface area contributed by atoms with Gasteiger partial charge in [-0.25, -0.2) is 13.4 Å². The van der Waals surface area contributed by atoms with E-state index in [1.165, 1.54) is 27.0 Å². The van der Waals surface area contributed by atoms with E-state index >= 15 is 0 Å². The molecule has 2 saturated heterocycles. The number of nitrogens with zero attached hydrogens (tertiary/aromatic N) is 3. The number of hydrogen-bond donors (Lipinski definition) is 0. The Morgan fingerprint density at radius 1 is 1.19 bits per heavy atom. The van der Waals surface area contributed by atoms with Gasteiger partial charge in [-0.3, -0.25) is 4.79 Å². The fraction of sp³-hybridized carbons (Fsp3) is 0.529. The molecule has 0 bridgehead atoms. The number of ether oxygens (including phenoxy) is 1. The molecule has 146 valence electrons. The van der Waals surface area contributed by atoms with Gasteiger partial charge in [0.05, 0.1) is 18.9 Å². The van der Waals surface area contributed by atoms with Gasteiger partial charge in [0.15, 0.2) is 0 Å². The van der Waals surface area contributed by atoms with Crippen LogP contribution in [0.15, 0.2) is 15.7 Å². The van der Waals surface area contributed by atoms with Crippen LogP contribution in [0, 0.1) is 6.92 Å². The summed E-state index contributed by atoms with van der Waals surface area (Å²) in [5.74, 6) is 0.0325. The van der Waals surface area contributed by atoms with Gasteiger partial charge < -0.3 is 9.64 Å². The minimum atomic E-state index is -3.51. The quantitative estimate of drug-likeness (QED) is 0.749. The smallest absolute Gasteiger partial charge is 0.265 e. The largest absolute Gasteiger partial charge is 0.379 e. The van der Waals surface area contributed by atoms with Crippen molar-refractivity contribution < 1.29 is 17.9 Å². The summed E-state index contributed by atoms with van der Waals surface area (Å²) in [6.45, 7) is 5.02. The van der Waals surface area contributed by atoms with Crippen molar-refractivity contribution in [2.45, 2.75) is 24.0 Å². The lowest BCUT2D eigenvalue weighted by Gasteiger charge is -2.25. The molecule has 0 spiro atoms. The predicted molar refractivity (Wildman–Crippen MR) is 105 cm³/mol. The van der Waals surface area contributed by atoms with Gasteiger partial charge in [-0.1, -0.05) is 0 Å². The maximum Gasteiger partial charge on any atom is 0.265 e. The van der Waals surface area contributed by atoms with Gasteiger partial charge in [0.25, 0.3) is 15.9 Å². The zero-order valence-electron chi connectivity index (χ0n) is 15.0. The highest BCUT2D eigenvalue weighted by Crippen LogP contribution is 2.34. The second-order valence-corrected chi connectivity index (χ2v) is 10.7. The van der Waals surface area contributed by atoms with Crippen LogP contribution in [-0.2, 0) is 14.8 Å². The lowest BCUT2D eigenvalue weighted by atomic mass is 10.3. The van der Waals surface area contributed by atoms with Crippen LogP contribution in [0.2, 0.25) is 0 Å². The zero-order chi connectivity index (χ0) is 19.0. The standard InChI is InChI=1S/C17H21N3O4S3/c1-12-15(17(21)19-4-2-3-5-19)26-16(18-12)13-10-14(25-11-13)27(22,23)20-6-8-24-9-7-20/h10-11H,2-9H2,1H3. The van der Waals surface area contributed by atoms with Crippen molar-refractivity contribution in [3.8, 4) is 10.6 Å². The van der Waals surface area contributed by atoms with Gasteiger partial charge >= 0.3 is 0 Å². The van der Waals surface area contributed by atoms with Gasteiger partial charge in [0, 0.05) is 37.1 Å². The second-order valence-electron chi connectivity index (χ2n) is 6.60. The summed E-state index contributed by atoms with van der Waals surface area (Å²) < 4.78 is 32.6. The molecule has 27 heavy (non-hydrogen) atoms. The van der Waals surface area contributed by atoms with E-state index in [1.54, 1.807) is 11.4 Å². The molecule has 2 fully saturated rings. The summed E-state index contributed by atoms with van der Waals surface area (Å²) >= 11 is 2.54. The third-order valence-corrected chi connectivity index (χ3v) is 9.28. The van der Waals surface area contributed by atoms with Crippen molar-refractivity contribution in [1.29, 1.82) is 0 Å². The molecule has 7 nitrogen and oxygen atoms in total. The summed E-state index contributed by atoms with van der Waals surface area (Å²) in [7, 11) is -3.51. The molecule has 4 rings (SSSR count). The van der Waals surface area contributed by atoms with Crippen LogP contribution in [0.4, 0.5) is 0 Å². The molecule has 0 atom stereocenters. The topological polar surface area (TPSA) is 79.8 Å². The number of carbonyl (C=O) groups is 1. The highest BCUT2D eigenvalue weighted by molar-refractivity contribution is 7.91. The molecule has 2 aromatic rings. The van der Waals surface area contributed by atoms with E-state index in [2.05, 4.69) is 4.98 Å². The molecule has 2 aliphatic heterocycles. The molecule has 0 saturated carbocycles. The highest BCUT2D eigenvalue weighted by Gasteiger charge is 2.29. The normalized spacial score (nSPS) is 18.9. The first-order valence-corrected chi connectivity index (χ1v) is 12.0. The van der Waals surface area contributed by atoms with Crippen LogP contribution in [0.1, 0.15) is 28.2 Å². The third kappa shape index (κ3) is 3.68. The molecule has 0 unspecified atom stereocenters. The summed E-state index contributed by atoms with van der Waals surface area (Å²) in [5, 5.41) is 2.49. The maximum absolute atomic E-state index is 12.8. The van der Waals surface area contributed by atoms with Crippen LogP contribution >= 0.6 is 22.7 Å². The van der Waals surface area contributed by atoms with Gasteiger partial charge in [0.2, 0.25) is 0 Å². The van der Waals surface area contributed by atoms with Crippen molar-refractivity contribution in [3.05, 3.63) is 22.0 Å². The summed E-state index contributed by atoms with van der Waals surface area (Å²) in [4.78, 5) is 19.7. The Morgan fingerprint density at radius 3 is 2.59 bits per heavy atom. The van der Waals surface area contributed by atoms with Crippen LogP contribution in [0.3, 0.4) is 0 Å². The third-order valence-electron chi connectivity index (χ3n) is 4.77. The summed E-state index contributed by atoms with van der Waals surface area (Å²) in [6, 6.07) is 1.66.